The minimum absolute atomic E-state index is 0.0445. The number of piperidine rings is 1. The number of anilines is 1. The van der Waals surface area contributed by atoms with Crippen molar-refractivity contribution >= 4 is 17.6 Å². The molecule has 1 aliphatic heterocycles. The Morgan fingerprint density at radius 3 is 2.76 bits per heavy atom. The van der Waals surface area contributed by atoms with Gasteiger partial charge in [-0.15, -0.1) is 0 Å². The third-order valence-electron chi connectivity index (χ3n) is 4.64. The number of rotatable bonds is 6. The number of pyridine rings is 1. The topological polar surface area (TPSA) is 65.5 Å². The van der Waals surface area contributed by atoms with E-state index in [9.17, 15) is 9.59 Å². The van der Waals surface area contributed by atoms with Crippen LogP contribution in [0.15, 0.2) is 18.3 Å². The lowest BCUT2D eigenvalue weighted by atomic mass is 9.96. The van der Waals surface area contributed by atoms with Gasteiger partial charge in [0.1, 0.15) is 5.82 Å². The first kappa shape index (κ1) is 19.2. The van der Waals surface area contributed by atoms with Crippen LogP contribution in [-0.2, 0) is 4.79 Å². The standard InChI is InChI=1S/C19H30N4O2/c1-5-7-14(2)21-18(24)16-8-6-11-23(13-16)19(25)15-9-10-17(20-12-15)22(3)4/h9-10,12,14,16H,5-8,11,13H2,1-4H3,(H,21,24)/t14-,16+/m1/s1. The quantitative estimate of drug-likeness (QED) is 0.858. The van der Waals surface area contributed by atoms with Crippen molar-refractivity contribution in [3.05, 3.63) is 23.9 Å². The molecule has 25 heavy (non-hydrogen) atoms. The fourth-order valence-electron chi connectivity index (χ4n) is 3.20. The molecule has 0 aromatic carbocycles. The molecular formula is C19H30N4O2. The van der Waals surface area contributed by atoms with Crippen LogP contribution in [0.4, 0.5) is 5.82 Å². The number of nitrogens with zero attached hydrogens (tertiary/aromatic N) is 3. The lowest BCUT2D eigenvalue weighted by Crippen LogP contribution is -2.47. The van der Waals surface area contributed by atoms with Crippen molar-refractivity contribution in [3.63, 3.8) is 0 Å². The van der Waals surface area contributed by atoms with Crippen LogP contribution >= 0.6 is 0 Å². The Labute approximate surface area is 150 Å². The van der Waals surface area contributed by atoms with Gasteiger partial charge in [0.2, 0.25) is 5.91 Å². The SMILES string of the molecule is CCC[C@@H](C)NC(=O)[C@H]1CCCN(C(=O)c2ccc(N(C)C)nc2)C1. The Morgan fingerprint density at radius 2 is 2.16 bits per heavy atom. The van der Waals surface area contributed by atoms with Crippen LogP contribution in [0, 0.1) is 5.92 Å². The molecule has 1 saturated heterocycles. The van der Waals surface area contributed by atoms with E-state index in [2.05, 4.69) is 17.2 Å². The first-order valence-electron chi connectivity index (χ1n) is 9.15. The Hall–Kier alpha value is -2.11. The van der Waals surface area contributed by atoms with Crippen LogP contribution < -0.4 is 10.2 Å². The molecule has 0 aliphatic carbocycles. The summed E-state index contributed by atoms with van der Waals surface area (Å²) in [5.41, 5.74) is 0.575. The monoisotopic (exact) mass is 346 g/mol. The third-order valence-corrected chi connectivity index (χ3v) is 4.64. The molecule has 1 aliphatic rings. The smallest absolute Gasteiger partial charge is 0.255 e. The highest BCUT2D eigenvalue weighted by Crippen LogP contribution is 2.20. The van der Waals surface area contributed by atoms with Gasteiger partial charge in [0.25, 0.3) is 5.91 Å². The van der Waals surface area contributed by atoms with E-state index in [1.165, 1.54) is 0 Å². The Bertz CT molecular complexity index is 586. The lowest BCUT2D eigenvalue weighted by Gasteiger charge is -2.32. The zero-order valence-corrected chi connectivity index (χ0v) is 15.8. The molecule has 2 amide bonds. The van der Waals surface area contributed by atoms with Crippen molar-refractivity contribution in [3.8, 4) is 0 Å². The summed E-state index contributed by atoms with van der Waals surface area (Å²) < 4.78 is 0. The Kier molecular flexibility index (Phi) is 6.79. The fourth-order valence-corrected chi connectivity index (χ4v) is 3.20. The van der Waals surface area contributed by atoms with Crippen molar-refractivity contribution in [1.82, 2.24) is 15.2 Å². The number of amides is 2. The number of hydrogen-bond donors (Lipinski definition) is 1. The molecular weight excluding hydrogens is 316 g/mol. The van der Waals surface area contributed by atoms with E-state index in [1.54, 1.807) is 17.2 Å². The molecule has 6 nitrogen and oxygen atoms in total. The van der Waals surface area contributed by atoms with Crippen molar-refractivity contribution in [2.24, 2.45) is 5.92 Å². The van der Waals surface area contributed by atoms with Crippen molar-refractivity contribution < 1.29 is 9.59 Å². The predicted octanol–water partition coefficient (Wildman–Crippen LogP) is 2.30. The maximum atomic E-state index is 12.7. The van der Waals surface area contributed by atoms with Gasteiger partial charge < -0.3 is 15.1 Å². The summed E-state index contributed by atoms with van der Waals surface area (Å²) in [5, 5.41) is 3.07. The lowest BCUT2D eigenvalue weighted by molar-refractivity contribution is -0.127. The summed E-state index contributed by atoms with van der Waals surface area (Å²) in [6, 6.07) is 3.83. The first-order chi connectivity index (χ1) is 11.9. The van der Waals surface area contributed by atoms with Crippen LogP contribution in [0.2, 0.25) is 0 Å². The molecule has 0 radical (unpaired) electrons. The van der Waals surface area contributed by atoms with Crippen LogP contribution in [0.1, 0.15) is 49.9 Å². The summed E-state index contributed by atoms with van der Waals surface area (Å²) in [6.07, 6.45) is 5.34. The molecule has 0 spiro atoms. The van der Waals surface area contributed by atoms with Gasteiger partial charge in [-0.2, -0.15) is 0 Å². The summed E-state index contributed by atoms with van der Waals surface area (Å²) >= 11 is 0. The molecule has 1 fully saturated rings. The highest BCUT2D eigenvalue weighted by Gasteiger charge is 2.29. The highest BCUT2D eigenvalue weighted by molar-refractivity contribution is 5.94. The normalized spacial score (nSPS) is 18.6. The second kappa shape index (κ2) is 8.83. The number of aromatic nitrogens is 1. The van der Waals surface area contributed by atoms with Crippen LogP contribution in [-0.4, -0.2) is 54.9 Å². The van der Waals surface area contributed by atoms with E-state index in [-0.39, 0.29) is 23.8 Å². The summed E-state index contributed by atoms with van der Waals surface area (Å²) in [5.74, 6) is 0.722. The second-order valence-electron chi connectivity index (χ2n) is 7.09. The van der Waals surface area contributed by atoms with Gasteiger partial charge >= 0.3 is 0 Å². The van der Waals surface area contributed by atoms with Gasteiger partial charge in [-0.1, -0.05) is 13.3 Å². The van der Waals surface area contributed by atoms with Crippen LogP contribution in [0.5, 0.6) is 0 Å². The average molecular weight is 346 g/mol. The molecule has 2 atom stereocenters. The molecule has 1 aromatic rings. The van der Waals surface area contributed by atoms with Gasteiger partial charge in [-0.25, -0.2) is 4.98 Å². The van der Waals surface area contributed by atoms with E-state index in [0.717, 1.165) is 31.5 Å². The van der Waals surface area contributed by atoms with Gasteiger partial charge in [0.15, 0.2) is 0 Å². The predicted molar refractivity (Wildman–Crippen MR) is 99.7 cm³/mol. The third kappa shape index (κ3) is 5.18. The molecule has 0 unspecified atom stereocenters. The molecule has 138 valence electrons. The van der Waals surface area contributed by atoms with Crippen LogP contribution in [0.25, 0.3) is 0 Å². The largest absolute Gasteiger partial charge is 0.363 e. The maximum absolute atomic E-state index is 12.7. The summed E-state index contributed by atoms with van der Waals surface area (Å²) in [7, 11) is 3.83. The minimum atomic E-state index is -0.119. The van der Waals surface area contributed by atoms with Crippen molar-refractivity contribution in [2.75, 3.05) is 32.1 Å². The second-order valence-corrected chi connectivity index (χ2v) is 7.09. The molecule has 0 bridgehead atoms. The number of nitrogens with one attached hydrogen (secondary N) is 1. The van der Waals surface area contributed by atoms with Crippen LogP contribution in [0.3, 0.4) is 0 Å². The van der Waals surface area contributed by atoms with Crippen molar-refractivity contribution in [1.29, 1.82) is 0 Å². The number of carbonyl (C=O) groups excluding carboxylic acids is 2. The van der Waals surface area contributed by atoms with E-state index >= 15 is 0 Å². The number of carbonyl (C=O) groups is 2. The van der Waals surface area contributed by atoms with Gasteiger partial charge in [-0.05, 0) is 38.3 Å². The van der Waals surface area contributed by atoms with E-state index < -0.39 is 0 Å². The maximum Gasteiger partial charge on any atom is 0.255 e. The van der Waals surface area contributed by atoms with E-state index in [0.29, 0.717) is 18.7 Å². The summed E-state index contributed by atoms with van der Waals surface area (Å²) in [6.45, 7) is 5.33. The fraction of sp³-hybridized carbons (Fsp3) is 0.632. The zero-order valence-electron chi connectivity index (χ0n) is 15.8. The van der Waals surface area contributed by atoms with Gasteiger partial charge in [0.05, 0.1) is 11.5 Å². The van der Waals surface area contributed by atoms with E-state index in [4.69, 9.17) is 0 Å². The molecule has 2 heterocycles. The van der Waals surface area contributed by atoms with E-state index in [1.807, 2.05) is 32.0 Å². The summed E-state index contributed by atoms with van der Waals surface area (Å²) in [4.78, 5) is 33.1. The average Bonchev–Trinajstić information content (AvgIpc) is 2.61. The Morgan fingerprint density at radius 1 is 1.40 bits per heavy atom. The molecule has 0 saturated carbocycles. The number of hydrogen-bond acceptors (Lipinski definition) is 4. The molecule has 1 aromatic heterocycles. The first-order valence-corrected chi connectivity index (χ1v) is 9.15. The number of likely N-dealkylation sites (tertiary alicyclic amines) is 1. The molecule has 1 N–H and O–H groups in total. The zero-order chi connectivity index (χ0) is 18.4. The molecule has 6 heteroatoms. The molecule has 2 rings (SSSR count). The highest BCUT2D eigenvalue weighted by atomic mass is 16.2. The van der Waals surface area contributed by atoms with Gasteiger partial charge in [-0.3, -0.25) is 9.59 Å². The van der Waals surface area contributed by atoms with Crippen molar-refractivity contribution in [2.45, 2.75) is 45.6 Å². The minimum Gasteiger partial charge on any atom is -0.363 e. The Balaban J connectivity index is 1.97. The van der Waals surface area contributed by atoms with Gasteiger partial charge in [0, 0.05) is 39.4 Å².